The van der Waals surface area contributed by atoms with Gasteiger partial charge in [0.15, 0.2) is 0 Å². The highest BCUT2D eigenvalue weighted by Crippen LogP contribution is 2.19. The molecule has 0 atom stereocenters. The van der Waals surface area contributed by atoms with Gasteiger partial charge in [0.1, 0.15) is 0 Å². The molecule has 1 aromatic rings. The molecule has 0 fully saturated rings. The summed E-state index contributed by atoms with van der Waals surface area (Å²) in [4.78, 5) is 22.8. The van der Waals surface area contributed by atoms with E-state index in [1.54, 1.807) is 18.3 Å². The highest BCUT2D eigenvalue weighted by atomic mass is 19.4. The molecule has 0 heterocycles. The van der Waals surface area contributed by atoms with E-state index in [9.17, 15) is 22.8 Å². The first-order chi connectivity index (χ1) is 13.2. The number of hydrogen-bond donors (Lipinski definition) is 2. The van der Waals surface area contributed by atoms with Crippen LogP contribution in [0.2, 0.25) is 0 Å². The van der Waals surface area contributed by atoms with Gasteiger partial charge < -0.3 is 5.32 Å². The smallest absolute Gasteiger partial charge is 0.318 e. The Morgan fingerprint density at radius 2 is 1.68 bits per heavy atom. The fraction of sp³-hybridized carbons (Fsp3) is 0.550. The summed E-state index contributed by atoms with van der Waals surface area (Å²) in [7, 11) is 0. The number of anilines is 1. The second kappa shape index (κ2) is 12.2. The fourth-order valence-electron chi connectivity index (χ4n) is 2.53. The maximum atomic E-state index is 12.3. The molecule has 8 heteroatoms. The summed E-state index contributed by atoms with van der Waals surface area (Å²) in [5.41, 5.74) is 3.39. The van der Waals surface area contributed by atoms with Crippen molar-refractivity contribution in [2.24, 2.45) is 5.10 Å². The third-order valence-corrected chi connectivity index (χ3v) is 4.15. The fourth-order valence-corrected chi connectivity index (χ4v) is 2.53. The van der Waals surface area contributed by atoms with E-state index in [0.29, 0.717) is 17.7 Å². The Labute approximate surface area is 163 Å². The molecule has 0 spiro atoms. The largest absolute Gasteiger partial charge is 0.471 e. The van der Waals surface area contributed by atoms with Crippen molar-refractivity contribution in [2.75, 3.05) is 5.32 Å². The van der Waals surface area contributed by atoms with Crippen LogP contribution in [0.15, 0.2) is 29.4 Å². The van der Waals surface area contributed by atoms with E-state index < -0.39 is 12.1 Å². The third-order valence-electron chi connectivity index (χ3n) is 4.15. The van der Waals surface area contributed by atoms with Crippen molar-refractivity contribution in [3.05, 3.63) is 29.8 Å². The van der Waals surface area contributed by atoms with Crippen molar-refractivity contribution >= 4 is 23.2 Å². The number of rotatable bonds is 11. The van der Waals surface area contributed by atoms with Crippen molar-refractivity contribution in [1.29, 1.82) is 0 Å². The van der Waals surface area contributed by atoms with Crippen LogP contribution in [0.1, 0.15) is 70.8 Å². The van der Waals surface area contributed by atoms with Crippen LogP contribution < -0.4 is 10.7 Å². The van der Waals surface area contributed by atoms with Crippen LogP contribution in [0, 0.1) is 0 Å². The van der Waals surface area contributed by atoms with Gasteiger partial charge in [0.2, 0.25) is 5.91 Å². The first-order valence-electron chi connectivity index (χ1n) is 9.55. The van der Waals surface area contributed by atoms with Crippen LogP contribution in [-0.2, 0) is 9.59 Å². The van der Waals surface area contributed by atoms with Gasteiger partial charge in [-0.25, -0.2) is 5.43 Å². The van der Waals surface area contributed by atoms with Crippen molar-refractivity contribution in [1.82, 2.24) is 5.43 Å². The number of carbonyl (C=O) groups is 2. The molecule has 1 rings (SSSR count). The van der Waals surface area contributed by atoms with E-state index in [0.717, 1.165) is 19.3 Å². The van der Waals surface area contributed by atoms with E-state index in [1.807, 2.05) is 0 Å². The summed E-state index contributed by atoms with van der Waals surface area (Å²) in [5.74, 6) is -2.24. The van der Waals surface area contributed by atoms with Crippen LogP contribution in [0.5, 0.6) is 0 Å². The first kappa shape index (κ1) is 23.7. The van der Waals surface area contributed by atoms with Crippen molar-refractivity contribution < 1.29 is 22.8 Å². The Morgan fingerprint density at radius 3 is 2.32 bits per heavy atom. The minimum Gasteiger partial charge on any atom is -0.318 e. The Bertz CT molecular complexity index is 673. The van der Waals surface area contributed by atoms with Crippen LogP contribution in [0.25, 0.3) is 0 Å². The second-order valence-corrected chi connectivity index (χ2v) is 6.64. The second-order valence-electron chi connectivity index (χ2n) is 6.64. The number of nitrogens with zero attached hydrogens (tertiary/aromatic N) is 1. The quantitative estimate of drug-likeness (QED) is 0.306. The average molecular weight is 399 g/mol. The zero-order valence-electron chi connectivity index (χ0n) is 16.4. The van der Waals surface area contributed by atoms with Gasteiger partial charge in [0.05, 0.1) is 5.71 Å². The lowest BCUT2D eigenvalue weighted by molar-refractivity contribution is -0.167. The lowest BCUT2D eigenvalue weighted by atomic mass is 10.1. The van der Waals surface area contributed by atoms with Crippen LogP contribution in [-0.4, -0.2) is 23.7 Å². The number of nitrogens with one attached hydrogen (secondary N) is 2. The molecule has 0 saturated carbocycles. The number of unbranched alkanes of at least 4 members (excludes halogenated alkanes) is 6. The van der Waals surface area contributed by atoms with Crippen molar-refractivity contribution in [3.63, 3.8) is 0 Å². The van der Waals surface area contributed by atoms with Gasteiger partial charge in [-0.2, -0.15) is 18.3 Å². The van der Waals surface area contributed by atoms with E-state index in [1.165, 1.54) is 43.9 Å². The number of alkyl halides is 3. The standard InChI is InChI=1S/C20H28F3N3O2/c1-3-4-5-6-7-8-9-13-18(27)26-25-15(2)16-11-10-12-17(14-16)24-19(28)20(21,22)23/h10-12,14H,3-9,13H2,1-2H3,(H,24,28)(H,26,27). The Balaban J connectivity index is 2.45. The maximum absolute atomic E-state index is 12.3. The van der Waals surface area contributed by atoms with Gasteiger partial charge in [-0.1, -0.05) is 57.6 Å². The van der Waals surface area contributed by atoms with Gasteiger partial charge in [0.25, 0.3) is 0 Å². The Kier molecular flexibility index (Phi) is 10.3. The third kappa shape index (κ3) is 9.53. The number of carbonyl (C=O) groups excluding carboxylic acids is 2. The van der Waals surface area contributed by atoms with Crippen molar-refractivity contribution in [3.8, 4) is 0 Å². The molecular formula is C20H28F3N3O2. The lowest BCUT2D eigenvalue weighted by Gasteiger charge is -2.09. The monoisotopic (exact) mass is 399 g/mol. The predicted octanol–water partition coefficient (Wildman–Crippen LogP) is 5.17. The maximum Gasteiger partial charge on any atom is 0.471 e. The zero-order valence-corrected chi connectivity index (χ0v) is 16.4. The highest BCUT2D eigenvalue weighted by Gasteiger charge is 2.38. The van der Waals surface area contributed by atoms with Gasteiger partial charge in [0, 0.05) is 12.1 Å². The molecule has 0 bridgehead atoms. The normalized spacial score (nSPS) is 12.0. The first-order valence-corrected chi connectivity index (χ1v) is 9.55. The molecule has 2 N–H and O–H groups in total. The number of hydrazone groups is 1. The molecule has 0 radical (unpaired) electrons. The zero-order chi connectivity index (χ0) is 21.0. The average Bonchev–Trinajstić information content (AvgIpc) is 2.64. The van der Waals surface area contributed by atoms with Crippen LogP contribution >= 0.6 is 0 Å². The van der Waals surface area contributed by atoms with E-state index in [2.05, 4.69) is 17.5 Å². The Morgan fingerprint density at radius 1 is 1.04 bits per heavy atom. The molecule has 0 aliphatic rings. The molecule has 156 valence electrons. The predicted molar refractivity (Wildman–Crippen MR) is 104 cm³/mol. The van der Waals surface area contributed by atoms with Gasteiger partial charge >= 0.3 is 12.1 Å². The summed E-state index contributed by atoms with van der Waals surface area (Å²) >= 11 is 0. The summed E-state index contributed by atoms with van der Waals surface area (Å²) in [6, 6.07) is 5.84. The Hall–Kier alpha value is -2.38. The molecule has 1 aromatic carbocycles. The number of benzene rings is 1. The molecule has 0 aliphatic heterocycles. The van der Waals surface area contributed by atoms with E-state index in [-0.39, 0.29) is 11.6 Å². The summed E-state index contributed by atoms with van der Waals surface area (Å²) < 4.78 is 37.0. The van der Waals surface area contributed by atoms with Gasteiger partial charge in [-0.15, -0.1) is 0 Å². The lowest BCUT2D eigenvalue weighted by Crippen LogP contribution is -2.29. The van der Waals surface area contributed by atoms with Crippen LogP contribution in [0.3, 0.4) is 0 Å². The van der Waals surface area contributed by atoms with Gasteiger partial charge in [-0.05, 0) is 31.0 Å². The van der Waals surface area contributed by atoms with E-state index >= 15 is 0 Å². The molecule has 0 saturated heterocycles. The molecule has 5 nitrogen and oxygen atoms in total. The minimum atomic E-state index is -4.96. The number of hydrogen-bond acceptors (Lipinski definition) is 3. The summed E-state index contributed by atoms with van der Waals surface area (Å²) in [5, 5.41) is 5.77. The molecular weight excluding hydrogens is 371 g/mol. The number of halogens is 3. The molecule has 0 aromatic heterocycles. The summed E-state index contributed by atoms with van der Waals surface area (Å²) in [6.45, 7) is 3.79. The molecule has 0 unspecified atom stereocenters. The molecule has 0 aliphatic carbocycles. The van der Waals surface area contributed by atoms with Gasteiger partial charge in [-0.3, -0.25) is 9.59 Å². The van der Waals surface area contributed by atoms with Crippen LogP contribution in [0.4, 0.5) is 18.9 Å². The molecule has 28 heavy (non-hydrogen) atoms. The SMILES string of the molecule is CCCCCCCCCC(=O)NN=C(C)c1cccc(NC(=O)C(F)(F)F)c1. The molecule has 2 amide bonds. The number of amides is 2. The summed E-state index contributed by atoms with van der Waals surface area (Å²) in [6.07, 6.45) is 3.21. The minimum absolute atomic E-state index is 0.00349. The van der Waals surface area contributed by atoms with E-state index in [4.69, 9.17) is 0 Å². The topological polar surface area (TPSA) is 70.6 Å². The highest BCUT2D eigenvalue weighted by molar-refractivity contribution is 6.01. The van der Waals surface area contributed by atoms with Crippen molar-refractivity contribution in [2.45, 2.75) is 71.4 Å².